The molecule has 0 bridgehead atoms. The van der Waals surface area contributed by atoms with E-state index in [9.17, 15) is 9.59 Å². The summed E-state index contributed by atoms with van der Waals surface area (Å²) in [5.41, 5.74) is 4.50. The van der Waals surface area contributed by atoms with E-state index in [2.05, 4.69) is 5.32 Å². The molecule has 0 saturated heterocycles. The average Bonchev–Trinajstić information content (AvgIpc) is 3.31. The quantitative estimate of drug-likeness (QED) is 0.533. The molecule has 7 heteroatoms. The maximum absolute atomic E-state index is 13.7. The van der Waals surface area contributed by atoms with Crippen molar-refractivity contribution < 1.29 is 23.8 Å². The first-order valence-electron chi connectivity index (χ1n) is 12.0. The zero-order valence-corrected chi connectivity index (χ0v) is 20.8. The zero-order chi connectivity index (χ0) is 24.7. The summed E-state index contributed by atoms with van der Waals surface area (Å²) in [5, 5.41) is 4.05. The van der Waals surface area contributed by atoms with Crippen LogP contribution in [-0.2, 0) is 14.3 Å². The van der Waals surface area contributed by atoms with Crippen LogP contribution in [0.3, 0.4) is 0 Å². The van der Waals surface area contributed by atoms with Crippen LogP contribution in [-0.4, -0.2) is 24.6 Å². The number of hydrogen-bond acceptors (Lipinski definition) is 6. The minimum atomic E-state index is -0.545. The predicted octanol–water partition coefficient (Wildman–Crippen LogP) is 5.77. The number of Topliss-reactive ketones (excluding diaryl/α,β-unsaturated/α-hetero) is 1. The van der Waals surface area contributed by atoms with Gasteiger partial charge in [0.2, 0.25) is 6.79 Å². The maximum Gasteiger partial charge on any atom is 0.337 e. The minimum Gasteiger partial charge on any atom is -0.459 e. The normalized spacial score (nSPS) is 22.0. The smallest absolute Gasteiger partial charge is 0.337 e. The van der Waals surface area contributed by atoms with Crippen molar-refractivity contribution in [1.82, 2.24) is 5.32 Å². The highest BCUT2D eigenvalue weighted by molar-refractivity contribution is 6.30. The first-order chi connectivity index (χ1) is 16.9. The van der Waals surface area contributed by atoms with Gasteiger partial charge in [-0.3, -0.25) is 4.79 Å². The number of benzene rings is 2. The Kier molecular flexibility index (Phi) is 6.32. The summed E-state index contributed by atoms with van der Waals surface area (Å²) in [4.78, 5) is 27.1. The highest BCUT2D eigenvalue weighted by Gasteiger charge is 2.42. The number of fused-ring (bicyclic) bond motifs is 1. The monoisotopic (exact) mass is 493 g/mol. The van der Waals surface area contributed by atoms with E-state index in [0.29, 0.717) is 52.6 Å². The molecule has 0 fully saturated rings. The third-order valence-electron chi connectivity index (χ3n) is 7.00. The van der Waals surface area contributed by atoms with Gasteiger partial charge in [0.15, 0.2) is 17.3 Å². The second kappa shape index (κ2) is 9.42. The highest BCUT2D eigenvalue weighted by atomic mass is 35.5. The number of hydrogen-bond donors (Lipinski definition) is 1. The summed E-state index contributed by atoms with van der Waals surface area (Å²) in [6.07, 6.45) is 1.49. The Morgan fingerprint density at radius 2 is 1.83 bits per heavy atom. The van der Waals surface area contributed by atoms with Crippen LogP contribution in [0.5, 0.6) is 11.5 Å². The molecule has 2 aromatic rings. The first-order valence-corrected chi connectivity index (χ1v) is 12.3. The van der Waals surface area contributed by atoms with Crippen molar-refractivity contribution in [2.45, 2.75) is 58.0 Å². The highest BCUT2D eigenvalue weighted by Crippen LogP contribution is 2.47. The van der Waals surface area contributed by atoms with Gasteiger partial charge in [0.25, 0.3) is 0 Å². The number of esters is 1. The number of ether oxygens (including phenoxy) is 3. The molecule has 6 nitrogen and oxygen atoms in total. The Balaban J connectivity index is 1.58. The van der Waals surface area contributed by atoms with Crippen LogP contribution in [0.25, 0.3) is 0 Å². The second-order valence-electron chi connectivity index (χ2n) is 9.31. The lowest BCUT2D eigenvalue weighted by atomic mass is 9.71. The number of ketones is 1. The van der Waals surface area contributed by atoms with Crippen molar-refractivity contribution in [2.24, 2.45) is 0 Å². The number of dihydropyridines is 1. The molecule has 35 heavy (non-hydrogen) atoms. The van der Waals surface area contributed by atoms with Crippen molar-refractivity contribution in [3.05, 3.63) is 81.2 Å². The van der Waals surface area contributed by atoms with Crippen molar-refractivity contribution >= 4 is 23.4 Å². The molecule has 3 aliphatic rings. The number of allylic oxidation sites excluding steroid dienone is 3. The molecular formula is C28H28ClNO5. The Morgan fingerprint density at radius 3 is 2.57 bits per heavy atom. The van der Waals surface area contributed by atoms with Crippen molar-refractivity contribution in [3.8, 4) is 11.5 Å². The Hall–Kier alpha value is -3.25. The van der Waals surface area contributed by atoms with E-state index in [4.69, 9.17) is 25.8 Å². The summed E-state index contributed by atoms with van der Waals surface area (Å²) < 4.78 is 16.8. The van der Waals surface area contributed by atoms with E-state index >= 15 is 0 Å². The van der Waals surface area contributed by atoms with Crippen molar-refractivity contribution in [1.29, 1.82) is 0 Å². The molecule has 3 atom stereocenters. The molecule has 1 N–H and O–H groups in total. The molecule has 2 heterocycles. The fourth-order valence-electron chi connectivity index (χ4n) is 5.04. The van der Waals surface area contributed by atoms with Gasteiger partial charge in [-0.1, -0.05) is 36.7 Å². The topological polar surface area (TPSA) is 73.9 Å². The molecule has 2 aliphatic heterocycles. The molecule has 0 unspecified atom stereocenters. The number of carbonyl (C=O) groups excluding carboxylic acids is 2. The van der Waals surface area contributed by atoms with E-state index in [1.54, 1.807) is 0 Å². The standard InChI is InChI=1S/C28H28ClNO5/c1-4-15(2)35-28(32)25-16(3)30-21-11-19(17-5-8-20(29)9-6-17)12-22(31)27(21)26(25)18-7-10-23-24(13-18)34-14-33-23/h5-10,13,15,19,26,30H,4,11-12,14H2,1-3H3/t15-,19+,26+/m0/s1. The molecule has 0 saturated carbocycles. The van der Waals surface area contributed by atoms with Gasteiger partial charge in [-0.25, -0.2) is 4.79 Å². The zero-order valence-electron chi connectivity index (χ0n) is 20.0. The third kappa shape index (κ3) is 4.43. The van der Waals surface area contributed by atoms with Gasteiger partial charge in [0.05, 0.1) is 11.7 Å². The van der Waals surface area contributed by atoms with E-state index in [1.165, 1.54) is 0 Å². The summed E-state index contributed by atoms with van der Waals surface area (Å²) in [5.74, 6) is 0.353. The molecule has 0 radical (unpaired) electrons. The van der Waals surface area contributed by atoms with Crippen LogP contribution < -0.4 is 14.8 Å². The largest absolute Gasteiger partial charge is 0.459 e. The average molecular weight is 494 g/mol. The fourth-order valence-corrected chi connectivity index (χ4v) is 5.16. The van der Waals surface area contributed by atoms with E-state index in [0.717, 1.165) is 16.8 Å². The van der Waals surface area contributed by atoms with Gasteiger partial charge < -0.3 is 19.5 Å². The first kappa shape index (κ1) is 23.5. The van der Waals surface area contributed by atoms with E-state index in [1.807, 2.05) is 63.2 Å². The number of rotatable bonds is 5. The molecule has 0 spiro atoms. The molecule has 2 aromatic carbocycles. The van der Waals surface area contributed by atoms with Crippen molar-refractivity contribution in [3.63, 3.8) is 0 Å². The Morgan fingerprint density at radius 1 is 1.11 bits per heavy atom. The van der Waals surface area contributed by atoms with Crippen LogP contribution >= 0.6 is 11.6 Å². The predicted molar refractivity (Wildman–Crippen MR) is 132 cm³/mol. The molecular weight excluding hydrogens is 466 g/mol. The lowest BCUT2D eigenvalue weighted by Gasteiger charge is -2.37. The lowest BCUT2D eigenvalue weighted by Crippen LogP contribution is -2.36. The van der Waals surface area contributed by atoms with Crippen LogP contribution in [0, 0.1) is 0 Å². The fraction of sp³-hybridized carbons (Fsp3) is 0.357. The van der Waals surface area contributed by atoms with Gasteiger partial charge in [-0.05, 0) is 68.0 Å². The van der Waals surface area contributed by atoms with Gasteiger partial charge in [-0.2, -0.15) is 0 Å². The minimum absolute atomic E-state index is 0.0164. The summed E-state index contributed by atoms with van der Waals surface area (Å²) in [6.45, 7) is 5.86. The number of halogens is 1. The Labute approximate surface area is 209 Å². The SMILES string of the molecule is CC[C@H](C)OC(=O)C1=C(C)NC2=C(C(=O)C[C@H](c3ccc(Cl)cc3)C2)[C@@H]1c1ccc2c(c1)OCO2. The van der Waals surface area contributed by atoms with Crippen LogP contribution in [0.2, 0.25) is 5.02 Å². The van der Waals surface area contributed by atoms with Gasteiger partial charge in [0.1, 0.15) is 0 Å². The number of carbonyl (C=O) groups is 2. The van der Waals surface area contributed by atoms with Crippen LogP contribution in [0.1, 0.15) is 63.0 Å². The lowest BCUT2D eigenvalue weighted by molar-refractivity contribution is -0.144. The Bertz CT molecular complexity index is 1250. The summed E-state index contributed by atoms with van der Waals surface area (Å²) in [7, 11) is 0. The van der Waals surface area contributed by atoms with E-state index < -0.39 is 11.9 Å². The summed E-state index contributed by atoms with van der Waals surface area (Å²) >= 11 is 6.07. The van der Waals surface area contributed by atoms with Crippen LogP contribution in [0.4, 0.5) is 0 Å². The van der Waals surface area contributed by atoms with Crippen molar-refractivity contribution in [2.75, 3.05) is 6.79 Å². The second-order valence-corrected chi connectivity index (χ2v) is 9.74. The molecule has 182 valence electrons. The van der Waals surface area contributed by atoms with Gasteiger partial charge in [-0.15, -0.1) is 0 Å². The number of nitrogens with one attached hydrogen (secondary N) is 1. The molecule has 0 aromatic heterocycles. The molecule has 1 aliphatic carbocycles. The molecule has 0 amide bonds. The summed E-state index contributed by atoms with van der Waals surface area (Å²) in [6, 6.07) is 13.2. The van der Waals surface area contributed by atoms with Gasteiger partial charge >= 0.3 is 5.97 Å². The van der Waals surface area contributed by atoms with Gasteiger partial charge in [0, 0.05) is 34.3 Å². The molecule has 5 rings (SSSR count). The third-order valence-corrected chi connectivity index (χ3v) is 7.25. The van der Waals surface area contributed by atoms with Crippen LogP contribution in [0.15, 0.2) is 65.0 Å². The van der Waals surface area contributed by atoms with E-state index in [-0.39, 0.29) is 24.6 Å². The maximum atomic E-state index is 13.7.